The SMILES string of the molecule is O=C(C=Cc1ccc(-c2cccc(Br)c2)s1)NNc1ncccn1. The highest BCUT2D eigenvalue weighted by Crippen LogP contribution is 2.30. The van der Waals surface area contributed by atoms with E-state index in [-0.39, 0.29) is 5.91 Å². The van der Waals surface area contributed by atoms with Crippen molar-refractivity contribution in [2.75, 3.05) is 5.43 Å². The number of rotatable bonds is 5. The number of benzene rings is 1. The van der Waals surface area contributed by atoms with Gasteiger partial charge in [-0.05, 0) is 42.0 Å². The molecule has 0 unspecified atom stereocenters. The number of amides is 1. The maximum absolute atomic E-state index is 11.8. The lowest BCUT2D eigenvalue weighted by Crippen LogP contribution is -2.28. The summed E-state index contributed by atoms with van der Waals surface area (Å²) >= 11 is 5.09. The third-order valence-corrected chi connectivity index (χ3v) is 4.59. The number of hydrogen-bond donors (Lipinski definition) is 2. The number of carbonyl (C=O) groups is 1. The Balaban J connectivity index is 1.59. The second kappa shape index (κ2) is 7.85. The van der Waals surface area contributed by atoms with Crippen molar-refractivity contribution in [3.05, 3.63) is 70.3 Å². The van der Waals surface area contributed by atoms with Gasteiger partial charge >= 0.3 is 0 Å². The molecular formula is C17H13BrN4OS. The van der Waals surface area contributed by atoms with Gasteiger partial charge in [-0.3, -0.25) is 15.6 Å². The van der Waals surface area contributed by atoms with Gasteiger partial charge in [0.15, 0.2) is 0 Å². The van der Waals surface area contributed by atoms with Crippen molar-refractivity contribution < 1.29 is 4.79 Å². The van der Waals surface area contributed by atoms with Crippen LogP contribution in [0.25, 0.3) is 16.5 Å². The molecule has 3 aromatic rings. The van der Waals surface area contributed by atoms with Gasteiger partial charge in [-0.25, -0.2) is 9.97 Å². The Morgan fingerprint density at radius 2 is 1.96 bits per heavy atom. The summed E-state index contributed by atoms with van der Waals surface area (Å²) in [5, 5.41) is 0. The minimum atomic E-state index is -0.278. The second-order valence-electron chi connectivity index (χ2n) is 4.73. The van der Waals surface area contributed by atoms with E-state index in [0.29, 0.717) is 5.95 Å². The summed E-state index contributed by atoms with van der Waals surface area (Å²) in [4.78, 5) is 21.8. The summed E-state index contributed by atoms with van der Waals surface area (Å²) in [6.07, 6.45) is 6.42. The number of anilines is 1. The third-order valence-electron chi connectivity index (χ3n) is 3.00. The van der Waals surface area contributed by atoms with E-state index < -0.39 is 0 Å². The molecule has 3 rings (SSSR count). The fourth-order valence-electron chi connectivity index (χ4n) is 1.92. The average Bonchev–Trinajstić information content (AvgIpc) is 3.08. The normalized spacial score (nSPS) is 10.7. The van der Waals surface area contributed by atoms with Gasteiger partial charge in [0, 0.05) is 32.7 Å². The quantitative estimate of drug-likeness (QED) is 0.499. The lowest BCUT2D eigenvalue weighted by Gasteiger charge is -2.02. The van der Waals surface area contributed by atoms with Gasteiger partial charge in [-0.2, -0.15) is 0 Å². The zero-order valence-electron chi connectivity index (χ0n) is 12.4. The van der Waals surface area contributed by atoms with E-state index in [1.54, 1.807) is 35.9 Å². The molecule has 2 aromatic heterocycles. The first-order valence-corrected chi connectivity index (χ1v) is 8.68. The minimum Gasteiger partial charge on any atom is -0.268 e. The van der Waals surface area contributed by atoms with E-state index >= 15 is 0 Å². The van der Waals surface area contributed by atoms with E-state index in [0.717, 1.165) is 19.8 Å². The third kappa shape index (κ3) is 4.50. The van der Waals surface area contributed by atoms with Gasteiger partial charge in [0.2, 0.25) is 5.95 Å². The smallest absolute Gasteiger partial charge is 0.262 e. The van der Waals surface area contributed by atoms with Crippen LogP contribution in [0, 0.1) is 0 Å². The van der Waals surface area contributed by atoms with Gasteiger partial charge in [-0.1, -0.05) is 28.1 Å². The molecule has 0 spiro atoms. The van der Waals surface area contributed by atoms with Crippen molar-refractivity contribution in [1.82, 2.24) is 15.4 Å². The number of aromatic nitrogens is 2. The van der Waals surface area contributed by atoms with Gasteiger partial charge in [0.05, 0.1) is 0 Å². The number of thiophene rings is 1. The molecule has 120 valence electrons. The van der Waals surface area contributed by atoms with Gasteiger partial charge in [0.25, 0.3) is 5.91 Å². The van der Waals surface area contributed by atoms with E-state index in [1.165, 1.54) is 6.08 Å². The Kier molecular flexibility index (Phi) is 5.35. The highest BCUT2D eigenvalue weighted by Gasteiger charge is 2.02. The first kappa shape index (κ1) is 16.4. The lowest BCUT2D eigenvalue weighted by atomic mass is 10.2. The number of carbonyl (C=O) groups excluding carboxylic acids is 1. The van der Waals surface area contributed by atoms with Crippen LogP contribution in [-0.2, 0) is 4.79 Å². The zero-order valence-corrected chi connectivity index (χ0v) is 14.8. The average molecular weight is 401 g/mol. The van der Waals surface area contributed by atoms with E-state index in [9.17, 15) is 4.79 Å². The Labute approximate surface area is 151 Å². The second-order valence-corrected chi connectivity index (χ2v) is 6.76. The molecule has 2 N–H and O–H groups in total. The van der Waals surface area contributed by atoms with Crippen molar-refractivity contribution in [3.63, 3.8) is 0 Å². The van der Waals surface area contributed by atoms with Gasteiger partial charge in [0.1, 0.15) is 0 Å². The largest absolute Gasteiger partial charge is 0.268 e. The van der Waals surface area contributed by atoms with Crippen LogP contribution in [0.4, 0.5) is 5.95 Å². The predicted octanol–water partition coefficient (Wildman–Crippen LogP) is 4.12. The fourth-order valence-corrected chi connectivity index (χ4v) is 3.23. The molecule has 0 saturated carbocycles. The van der Waals surface area contributed by atoms with Gasteiger partial charge in [-0.15, -0.1) is 11.3 Å². The highest BCUT2D eigenvalue weighted by molar-refractivity contribution is 9.10. The summed E-state index contributed by atoms with van der Waals surface area (Å²) in [7, 11) is 0. The van der Waals surface area contributed by atoms with Crippen LogP contribution in [0.2, 0.25) is 0 Å². The molecule has 0 fully saturated rings. The van der Waals surface area contributed by atoms with Crippen molar-refractivity contribution >= 4 is 45.2 Å². The molecule has 7 heteroatoms. The summed E-state index contributed by atoms with van der Waals surface area (Å²) in [5.74, 6) is 0.0622. The Morgan fingerprint density at radius 1 is 1.12 bits per heavy atom. The summed E-state index contributed by atoms with van der Waals surface area (Å²) in [5.41, 5.74) is 6.30. The molecule has 0 saturated heterocycles. The summed E-state index contributed by atoms with van der Waals surface area (Å²) in [6, 6.07) is 13.8. The standard InChI is InChI=1S/C17H13BrN4OS/c18-13-4-1-3-12(11-13)15-7-5-14(24-15)6-8-16(23)21-22-17-19-9-2-10-20-17/h1-11H,(H,21,23)(H,19,20,22). The Hall–Kier alpha value is -2.51. The van der Waals surface area contributed by atoms with Crippen molar-refractivity contribution in [2.24, 2.45) is 0 Å². The Bertz CT molecular complexity index is 864. The van der Waals surface area contributed by atoms with Crippen LogP contribution in [0.5, 0.6) is 0 Å². The molecule has 0 atom stereocenters. The van der Waals surface area contributed by atoms with Crippen LogP contribution in [-0.4, -0.2) is 15.9 Å². The monoisotopic (exact) mass is 400 g/mol. The van der Waals surface area contributed by atoms with E-state index in [1.807, 2.05) is 24.3 Å². The van der Waals surface area contributed by atoms with Crippen LogP contribution >= 0.6 is 27.3 Å². The zero-order chi connectivity index (χ0) is 16.8. The van der Waals surface area contributed by atoms with Crippen molar-refractivity contribution in [2.45, 2.75) is 0 Å². The molecule has 0 bridgehead atoms. The van der Waals surface area contributed by atoms with Crippen molar-refractivity contribution in [1.29, 1.82) is 0 Å². The molecule has 1 aromatic carbocycles. The molecule has 0 aliphatic carbocycles. The molecule has 24 heavy (non-hydrogen) atoms. The van der Waals surface area contributed by atoms with E-state index in [4.69, 9.17) is 0 Å². The van der Waals surface area contributed by atoms with Crippen LogP contribution in [0.3, 0.4) is 0 Å². The Morgan fingerprint density at radius 3 is 2.75 bits per heavy atom. The van der Waals surface area contributed by atoms with Crippen LogP contribution < -0.4 is 10.9 Å². The highest BCUT2D eigenvalue weighted by atomic mass is 79.9. The van der Waals surface area contributed by atoms with E-state index in [2.05, 4.69) is 48.9 Å². The first-order chi connectivity index (χ1) is 11.7. The number of halogens is 1. The lowest BCUT2D eigenvalue weighted by molar-refractivity contribution is -0.116. The molecule has 0 aliphatic heterocycles. The number of nitrogens with zero attached hydrogens (tertiary/aromatic N) is 2. The first-order valence-electron chi connectivity index (χ1n) is 7.07. The van der Waals surface area contributed by atoms with Crippen LogP contribution in [0.1, 0.15) is 4.88 Å². The maximum Gasteiger partial charge on any atom is 0.262 e. The number of hydrazine groups is 1. The van der Waals surface area contributed by atoms with Gasteiger partial charge < -0.3 is 0 Å². The fraction of sp³-hybridized carbons (Fsp3) is 0. The predicted molar refractivity (Wildman–Crippen MR) is 100 cm³/mol. The maximum atomic E-state index is 11.8. The minimum absolute atomic E-state index is 0.278. The number of hydrogen-bond acceptors (Lipinski definition) is 5. The number of nitrogens with one attached hydrogen (secondary N) is 2. The summed E-state index contributed by atoms with van der Waals surface area (Å²) < 4.78 is 1.04. The molecule has 0 aliphatic rings. The molecule has 2 heterocycles. The van der Waals surface area contributed by atoms with Crippen molar-refractivity contribution in [3.8, 4) is 10.4 Å². The molecule has 5 nitrogen and oxygen atoms in total. The molecular weight excluding hydrogens is 388 g/mol. The van der Waals surface area contributed by atoms with Crippen LogP contribution in [0.15, 0.2) is 65.4 Å². The molecule has 1 amide bonds. The summed E-state index contributed by atoms with van der Waals surface area (Å²) in [6.45, 7) is 0. The topological polar surface area (TPSA) is 66.9 Å². The molecule has 0 radical (unpaired) electrons.